The molecule has 1 saturated heterocycles. The summed E-state index contributed by atoms with van der Waals surface area (Å²) in [4.78, 5) is 32.1. The Balaban J connectivity index is 1.40. The van der Waals surface area contributed by atoms with Crippen LogP contribution in [0.25, 0.3) is 16.7 Å². The van der Waals surface area contributed by atoms with E-state index >= 15 is 0 Å². The second-order valence-electron chi connectivity index (χ2n) is 7.65. The number of amides is 1. The van der Waals surface area contributed by atoms with Crippen LogP contribution >= 0.6 is 0 Å². The lowest BCUT2D eigenvalue weighted by atomic mass is 10.1. The highest BCUT2D eigenvalue weighted by Crippen LogP contribution is 2.32. The molecule has 0 radical (unpaired) electrons. The van der Waals surface area contributed by atoms with Gasteiger partial charge in [0, 0.05) is 42.5 Å². The van der Waals surface area contributed by atoms with E-state index in [0.717, 1.165) is 59.6 Å². The largest absolute Gasteiger partial charge is 0.361 e. The van der Waals surface area contributed by atoms with Crippen molar-refractivity contribution in [2.45, 2.75) is 38.6 Å². The maximum absolute atomic E-state index is 13.2. The van der Waals surface area contributed by atoms with Crippen LogP contribution in [0.15, 0.2) is 55.2 Å². The smallest absolute Gasteiger partial charge is 0.227 e. The zero-order chi connectivity index (χ0) is 20.5. The van der Waals surface area contributed by atoms with Crippen LogP contribution < -0.4 is 0 Å². The third kappa shape index (κ3) is 3.26. The van der Waals surface area contributed by atoms with Gasteiger partial charge in [-0.25, -0.2) is 9.97 Å². The van der Waals surface area contributed by atoms with Gasteiger partial charge in [0.05, 0.1) is 30.6 Å². The fraction of sp³-hybridized carbons (Fsp3) is 0.304. The Bertz CT molecular complexity index is 1190. The molecule has 1 aliphatic rings. The molecule has 0 spiro atoms. The predicted molar refractivity (Wildman–Crippen MR) is 114 cm³/mol. The van der Waals surface area contributed by atoms with Gasteiger partial charge in [-0.2, -0.15) is 0 Å². The molecule has 1 aliphatic heterocycles. The van der Waals surface area contributed by atoms with Gasteiger partial charge in [0.2, 0.25) is 5.91 Å². The predicted octanol–water partition coefficient (Wildman–Crippen LogP) is 3.61. The number of aromatic amines is 1. The number of para-hydroxylation sites is 1. The first-order valence-corrected chi connectivity index (χ1v) is 10.4. The second-order valence-corrected chi connectivity index (χ2v) is 7.65. The van der Waals surface area contributed by atoms with E-state index in [1.807, 2.05) is 40.1 Å². The van der Waals surface area contributed by atoms with Gasteiger partial charge in [-0.3, -0.25) is 14.3 Å². The molecule has 0 saturated carbocycles. The Hall–Kier alpha value is -3.48. The van der Waals surface area contributed by atoms with E-state index in [0.29, 0.717) is 6.42 Å². The van der Waals surface area contributed by atoms with Crippen LogP contribution in [0.3, 0.4) is 0 Å². The number of carbonyl (C=O) groups excluding carboxylic acids is 1. The third-order valence-corrected chi connectivity index (χ3v) is 5.85. The number of aryl methyl sites for hydroxylation is 1. The zero-order valence-electron chi connectivity index (χ0n) is 17.0. The lowest BCUT2D eigenvalue weighted by molar-refractivity contribution is -0.131. The van der Waals surface area contributed by atoms with Crippen LogP contribution in [-0.4, -0.2) is 41.9 Å². The van der Waals surface area contributed by atoms with Crippen molar-refractivity contribution in [3.63, 3.8) is 0 Å². The average molecular weight is 400 g/mol. The number of imidazole rings is 1. The summed E-state index contributed by atoms with van der Waals surface area (Å²) in [5, 5.41) is 1.11. The summed E-state index contributed by atoms with van der Waals surface area (Å²) in [5.74, 6) is 1.82. The van der Waals surface area contributed by atoms with Gasteiger partial charge in [0.15, 0.2) is 5.82 Å². The fourth-order valence-corrected chi connectivity index (χ4v) is 4.37. The topological polar surface area (TPSA) is 79.7 Å². The SMILES string of the molecule is CCc1nccn1-c1cncc([C@H]2CCCN2C(=O)Cc2c[nH]c3ccccc23)n1. The summed E-state index contributed by atoms with van der Waals surface area (Å²) in [6, 6.07) is 8.05. The number of hydrogen-bond donors (Lipinski definition) is 1. The molecule has 0 aliphatic carbocycles. The molecule has 1 fully saturated rings. The van der Waals surface area contributed by atoms with Crippen LogP contribution in [0, 0.1) is 0 Å². The van der Waals surface area contributed by atoms with Crippen LogP contribution in [0.2, 0.25) is 0 Å². The van der Waals surface area contributed by atoms with Gasteiger partial charge < -0.3 is 9.88 Å². The average Bonchev–Trinajstić information content (AvgIpc) is 3.53. The highest BCUT2D eigenvalue weighted by atomic mass is 16.2. The van der Waals surface area contributed by atoms with E-state index in [1.54, 1.807) is 18.6 Å². The number of benzene rings is 1. The minimum atomic E-state index is -0.0382. The summed E-state index contributed by atoms with van der Waals surface area (Å²) in [6.45, 7) is 2.82. The van der Waals surface area contributed by atoms with Crippen molar-refractivity contribution in [3.05, 3.63) is 72.3 Å². The Kier molecular flexibility index (Phi) is 4.78. The molecule has 7 heteroatoms. The van der Waals surface area contributed by atoms with Crippen LogP contribution in [0.5, 0.6) is 0 Å². The molecule has 1 N–H and O–H groups in total. The standard InChI is InChI=1S/C23H24N6O/c1-2-21-25-9-11-29(21)22-15-24-14-19(27-22)20-8-5-10-28(20)23(30)12-16-13-26-18-7-4-3-6-17(16)18/h3-4,6-7,9,11,13-15,20,26H,2,5,8,10,12H2,1H3/t20-/m1/s1. The first-order valence-electron chi connectivity index (χ1n) is 10.4. The molecule has 5 rings (SSSR count). The van der Waals surface area contributed by atoms with Gasteiger partial charge in [-0.05, 0) is 24.5 Å². The van der Waals surface area contributed by atoms with Crippen molar-refractivity contribution in [1.82, 2.24) is 29.4 Å². The van der Waals surface area contributed by atoms with Crippen LogP contribution in [-0.2, 0) is 17.6 Å². The lowest BCUT2D eigenvalue weighted by Gasteiger charge is -2.24. The molecular formula is C23H24N6O. The number of aromatic nitrogens is 5. The maximum Gasteiger partial charge on any atom is 0.227 e. The lowest BCUT2D eigenvalue weighted by Crippen LogP contribution is -2.32. The quantitative estimate of drug-likeness (QED) is 0.555. The van der Waals surface area contributed by atoms with Crippen molar-refractivity contribution in [2.75, 3.05) is 6.54 Å². The zero-order valence-corrected chi connectivity index (χ0v) is 17.0. The summed E-state index contributed by atoms with van der Waals surface area (Å²) in [7, 11) is 0. The molecule has 0 unspecified atom stereocenters. The van der Waals surface area contributed by atoms with Crippen molar-refractivity contribution < 1.29 is 4.79 Å². The highest BCUT2D eigenvalue weighted by Gasteiger charge is 2.31. The molecule has 7 nitrogen and oxygen atoms in total. The molecule has 1 amide bonds. The fourth-order valence-electron chi connectivity index (χ4n) is 4.37. The van der Waals surface area contributed by atoms with Crippen LogP contribution in [0.4, 0.5) is 0 Å². The molecular weight excluding hydrogens is 376 g/mol. The third-order valence-electron chi connectivity index (χ3n) is 5.85. The second kappa shape index (κ2) is 7.74. The minimum Gasteiger partial charge on any atom is -0.361 e. The molecule has 1 aromatic carbocycles. The number of nitrogens with one attached hydrogen (secondary N) is 1. The van der Waals surface area contributed by atoms with Gasteiger partial charge in [0.1, 0.15) is 5.82 Å². The van der Waals surface area contributed by atoms with Crippen LogP contribution in [0.1, 0.15) is 42.9 Å². The Morgan fingerprint density at radius 3 is 3.07 bits per heavy atom. The number of hydrogen-bond acceptors (Lipinski definition) is 4. The molecule has 0 bridgehead atoms. The number of fused-ring (bicyclic) bond motifs is 1. The molecule has 152 valence electrons. The molecule has 30 heavy (non-hydrogen) atoms. The summed E-state index contributed by atoms with van der Waals surface area (Å²) in [5.41, 5.74) is 2.93. The molecule has 4 heterocycles. The summed E-state index contributed by atoms with van der Waals surface area (Å²) in [6.07, 6.45) is 12.2. The number of H-pyrrole nitrogens is 1. The summed E-state index contributed by atoms with van der Waals surface area (Å²) < 4.78 is 1.96. The Labute approximate surface area is 174 Å². The van der Waals surface area contributed by atoms with E-state index in [4.69, 9.17) is 4.98 Å². The minimum absolute atomic E-state index is 0.0382. The highest BCUT2D eigenvalue weighted by molar-refractivity contribution is 5.89. The van der Waals surface area contributed by atoms with Crippen molar-refractivity contribution in [2.24, 2.45) is 0 Å². The van der Waals surface area contributed by atoms with E-state index in [9.17, 15) is 4.79 Å². The van der Waals surface area contributed by atoms with E-state index in [2.05, 4.69) is 27.9 Å². The number of rotatable bonds is 5. The number of nitrogens with zero attached hydrogens (tertiary/aromatic N) is 5. The summed E-state index contributed by atoms with van der Waals surface area (Å²) >= 11 is 0. The Morgan fingerprint density at radius 2 is 2.17 bits per heavy atom. The normalized spacial score (nSPS) is 16.4. The van der Waals surface area contributed by atoms with E-state index in [-0.39, 0.29) is 11.9 Å². The van der Waals surface area contributed by atoms with Crippen molar-refractivity contribution >= 4 is 16.8 Å². The molecule has 4 aromatic rings. The number of carbonyl (C=O) groups is 1. The van der Waals surface area contributed by atoms with Gasteiger partial charge in [-0.15, -0.1) is 0 Å². The Morgan fingerprint density at radius 1 is 1.27 bits per heavy atom. The van der Waals surface area contributed by atoms with Gasteiger partial charge in [0.25, 0.3) is 0 Å². The van der Waals surface area contributed by atoms with Crippen molar-refractivity contribution in [3.8, 4) is 5.82 Å². The molecule has 3 aromatic heterocycles. The first kappa shape index (κ1) is 18.5. The van der Waals surface area contributed by atoms with Gasteiger partial charge >= 0.3 is 0 Å². The maximum atomic E-state index is 13.2. The monoisotopic (exact) mass is 400 g/mol. The van der Waals surface area contributed by atoms with E-state index < -0.39 is 0 Å². The number of likely N-dealkylation sites (tertiary alicyclic amines) is 1. The first-order chi connectivity index (χ1) is 14.7. The van der Waals surface area contributed by atoms with E-state index in [1.165, 1.54) is 0 Å². The molecule has 1 atom stereocenters. The van der Waals surface area contributed by atoms with Gasteiger partial charge in [-0.1, -0.05) is 25.1 Å². The van der Waals surface area contributed by atoms with Crippen molar-refractivity contribution in [1.29, 1.82) is 0 Å².